The Morgan fingerprint density at radius 2 is 1.13 bits per heavy atom. The van der Waals surface area contributed by atoms with Crippen LogP contribution in [0.1, 0.15) is 17.8 Å². The van der Waals surface area contributed by atoms with E-state index >= 15 is 0 Å². The van der Waals surface area contributed by atoms with Gasteiger partial charge < -0.3 is 0 Å². The largest absolute Gasteiger partial charge is 0.292 e. The lowest BCUT2D eigenvalue weighted by Crippen LogP contribution is -1.97. The first kappa shape index (κ1) is 25.7. The molecular weight excluding hydrogens is 546 g/mol. The summed E-state index contributed by atoms with van der Waals surface area (Å²) in [6.07, 6.45) is 8.37. The van der Waals surface area contributed by atoms with Gasteiger partial charge >= 0.3 is 0 Å². The van der Waals surface area contributed by atoms with Crippen LogP contribution in [0.5, 0.6) is 0 Å². The van der Waals surface area contributed by atoms with Crippen LogP contribution >= 0.6 is 0 Å². The van der Waals surface area contributed by atoms with Crippen LogP contribution < -0.4 is 0 Å². The second-order valence-corrected chi connectivity index (χ2v) is 11.8. The Hall–Kier alpha value is -5.80. The number of hydrogen-bond acceptors (Lipinski definition) is 2. The van der Waals surface area contributed by atoms with Crippen molar-refractivity contribution in [2.45, 2.75) is 12.8 Å². The van der Waals surface area contributed by atoms with E-state index in [1.807, 2.05) is 18.3 Å². The molecule has 0 saturated heterocycles. The summed E-state index contributed by atoms with van der Waals surface area (Å²) in [5.74, 6) is 0. The Morgan fingerprint density at radius 3 is 1.87 bits per heavy atom. The van der Waals surface area contributed by atoms with Crippen LogP contribution in [0.3, 0.4) is 0 Å². The molecule has 3 heterocycles. The number of benzene rings is 5. The van der Waals surface area contributed by atoms with Crippen LogP contribution in [-0.4, -0.2) is 14.4 Å². The molecule has 0 radical (unpaired) electrons. The minimum absolute atomic E-state index is 0.975. The highest BCUT2D eigenvalue weighted by molar-refractivity contribution is 6.14. The summed E-state index contributed by atoms with van der Waals surface area (Å²) in [6.45, 7) is 0. The smallest absolute Gasteiger partial charge is 0.145 e. The molecule has 0 saturated carbocycles. The van der Waals surface area contributed by atoms with Crippen molar-refractivity contribution in [1.29, 1.82) is 0 Å². The molecule has 0 fully saturated rings. The van der Waals surface area contributed by atoms with Crippen molar-refractivity contribution < 1.29 is 0 Å². The second kappa shape index (κ2) is 10.4. The summed E-state index contributed by atoms with van der Waals surface area (Å²) in [5.41, 5.74) is 13.9. The molecule has 3 aromatic heterocycles. The molecule has 0 amide bonds. The maximum Gasteiger partial charge on any atom is 0.145 e. The van der Waals surface area contributed by atoms with Gasteiger partial charge in [-0.25, -0.2) is 4.98 Å². The molecule has 9 rings (SSSR count). The molecule has 45 heavy (non-hydrogen) atoms. The second-order valence-electron chi connectivity index (χ2n) is 11.8. The summed E-state index contributed by atoms with van der Waals surface area (Å²) >= 11 is 0. The molecule has 3 nitrogen and oxygen atoms in total. The van der Waals surface area contributed by atoms with Crippen molar-refractivity contribution in [3.63, 3.8) is 0 Å². The zero-order chi connectivity index (χ0) is 29.7. The monoisotopic (exact) mass is 575 g/mol. The molecule has 0 unspecified atom stereocenters. The number of allylic oxidation sites excluding steroid dienone is 1. The van der Waals surface area contributed by atoms with Gasteiger partial charge in [-0.3, -0.25) is 9.38 Å². The van der Waals surface area contributed by atoms with Crippen molar-refractivity contribution in [1.82, 2.24) is 14.4 Å². The summed E-state index contributed by atoms with van der Waals surface area (Å²) in [4.78, 5) is 9.73. The number of hydrogen-bond donors (Lipinski definition) is 0. The standard InChI is InChI=1S/C42H29N3/c1-2-8-28(9-3-1)29-13-15-30(16-14-29)33-21-23-35-36(26-33)37-27-34(31-17-19-32(20-18-31)38-10-6-7-25-43-38)22-24-40(37)45-41-12-5-4-11-39(41)44-42(35)45/h1-3,5-10,12-27H,4,11H2. The third-order valence-corrected chi connectivity index (χ3v) is 9.11. The Balaban J connectivity index is 1.22. The van der Waals surface area contributed by atoms with Gasteiger partial charge in [0.15, 0.2) is 0 Å². The Bertz CT molecular complexity index is 2380. The molecular formula is C42H29N3. The van der Waals surface area contributed by atoms with Gasteiger partial charge in [-0.1, -0.05) is 103 Å². The van der Waals surface area contributed by atoms with Gasteiger partial charge in [-0.2, -0.15) is 0 Å². The van der Waals surface area contributed by atoms with E-state index in [1.165, 1.54) is 66.4 Å². The van der Waals surface area contributed by atoms with Gasteiger partial charge in [0, 0.05) is 22.5 Å². The van der Waals surface area contributed by atoms with Crippen molar-refractivity contribution >= 4 is 33.4 Å². The number of nitrogens with zero attached hydrogens (tertiary/aromatic N) is 3. The fraction of sp³-hybridized carbons (Fsp3) is 0.0476. The van der Waals surface area contributed by atoms with Crippen molar-refractivity contribution in [3.8, 4) is 44.6 Å². The number of aryl methyl sites for hydroxylation is 1. The van der Waals surface area contributed by atoms with E-state index in [0.29, 0.717) is 0 Å². The van der Waals surface area contributed by atoms with Gasteiger partial charge in [0.2, 0.25) is 0 Å². The van der Waals surface area contributed by atoms with Crippen LogP contribution in [0.2, 0.25) is 0 Å². The predicted molar refractivity (Wildman–Crippen MR) is 187 cm³/mol. The van der Waals surface area contributed by atoms with Crippen molar-refractivity contribution in [2.24, 2.45) is 0 Å². The lowest BCUT2D eigenvalue weighted by atomic mass is 9.95. The van der Waals surface area contributed by atoms with E-state index in [9.17, 15) is 0 Å². The third kappa shape index (κ3) is 4.36. The highest BCUT2D eigenvalue weighted by Crippen LogP contribution is 2.38. The van der Waals surface area contributed by atoms with E-state index in [0.717, 1.165) is 29.7 Å². The molecule has 0 atom stereocenters. The van der Waals surface area contributed by atoms with E-state index < -0.39 is 0 Å². The molecule has 212 valence electrons. The molecule has 1 aliphatic carbocycles. The fourth-order valence-electron chi connectivity index (χ4n) is 6.79. The first-order valence-electron chi connectivity index (χ1n) is 15.6. The van der Waals surface area contributed by atoms with Gasteiger partial charge in [0.05, 0.1) is 22.6 Å². The maximum absolute atomic E-state index is 5.20. The summed E-state index contributed by atoms with van der Waals surface area (Å²) in [6, 6.07) is 48.0. The molecule has 0 N–H and O–H groups in total. The molecule has 5 aromatic carbocycles. The average Bonchev–Trinajstić information content (AvgIpc) is 3.52. The Morgan fingerprint density at radius 1 is 0.511 bits per heavy atom. The summed E-state index contributed by atoms with van der Waals surface area (Å²) in [7, 11) is 0. The normalized spacial score (nSPS) is 12.6. The highest BCUT2D eigenvalue weighted by atomic mass is 15.0. The zero-order valence-corrected chi connectivity index (χ0v) is 24.7. The maximum atomic E-state index is 5.20. The molecule has 0 aliphatic heterocycles. The third-order valence-electron chi connectivity index (χ3n) is 9.11. The molecule has 8 aromatic rings. The van der Waals surface area contributed by atoms with Gasteiger partial charge in [-0.15, -0.1) is 0 Å². The number of imidazole rings is 1. The topological polar surface area (TPSA) is 30.2 Å². The first-order valence-corrected chi connectivity index (χ1v) is 15.6. The number of rotatable bonds is 4. The number of pyridine rings is 2. The Labute approximate surface area is 261 Å². The van der Waals surface area contributed by atoms with Gasteiger partial charge in [0.1, 0.15) is 5.65 Å². The molecule has 0 bridgehead atoms. The lowest BCUT2D eigenvalue weighted by Gasteiger charge is -2.14. The van der Waals surface area contributed by atoms with Crippen LogP contribution in [0.15, 0.2) is 146 Å². The fourth-order valence-corrected chi connectivity index (χ4v) is 6.79. The van der Waals surface area contributed by atoms with Crippen LogP contribution in [0.25, 0.3) is 78.0 Å². The SMILES string of the molecule is C1=Cc2c(nc3c4ccc(-c5ccc(-c6ccccc6)cc5)cc4c4cc(-c5ccc(-c6ccccn6)cc5)ccc4n23)CC1. The van der Waals surface area contributed by atoms with E-state index in [1.54, 1.807) is 0 Å². The van der Waals surface area contributed by atoms with Crippen LogP contribution in [0.4, 0.5) is 0 Å². The van der Waals surface area contributed by atoms with Crippen LogP contribution in [0, 0.1) is 0 Å². The van der Waals surface area contributed by atoms with Gasteiger partial charge in [-0.05, 0) is 94.1 Å². The predicted octanol–water partition coefficient (Wildman–Crippen LogP) is 10.7. The van der Waals surface area contributed by atoms with Gasteiger partial charge in [0.25, 0.3) is 0 Å². The molecule has 3 heteroatoms. The summed E-state index contributed by atoms with van der Waals surface area (Å²) < 4.78 is 2.37. The quantitative estimate of drug-likeness (QED) is 0.195. The first-order chi connectivity index (χ1) is 22.3. The van der Waals surface area contributed by atoms with Crippen LogP contribution in [-0.2, 0) is 6.42 Å². The lowest BCUT2D eigenvalue weighted by molar-refractivity contribution is 0.943. The minimum atomic E-state index is 0.975. The molecule has 0 spiro atoms. The van der Waals surface area contributed by atoms with Crippen molar-refractivity contribution in [3.05, 3.63) is 157 Å². The minimum Gasteiger partial charge on any atom is -0.292 e. The van der Waals surface area contributed by atoms with E-state index in [-0.39, 0.29) is 0 Å². The highest BCUT2D eigenvalue weighted by Gasteiger charge is 2.19. The zero-order valence-electron chi connectivity index (χ0n) is 24.7. The average molecular weight is 576 g/mol. The molecule has 1 aliphatic rings. The Kier molecular flexibility index (Phi) is 5.95. The number of fused-ring (bicyclic) bond motifs is 8. The van der Waals surface area contributed by atoms with Crippen molar-refractivity contribution in [2.75, 3.05) is 0 Å². The summed E-state index contributed by atoms with van der Waals surface area (Å²) in [5, 5.41) is 3.63. The number of aromatic nitrogens is 3. The van der Waals surface area contributed by atoms with E-state index in [2.05, 4.69) is 143 Å². The van der Waals surface area contributed by atoms with E-state index in [4.69, 9.17) is 4.98 Å².